The van der Waals surface area contributed by atoms with E-state index in [4.69, 9.17) is 0 Å². The number of hydrogen-bond donors (Lipinski definition) is 1. The van der Waals surface area contributed by atoms with E-state index in [2.05, 4.69) is 48.5 Å². The van der Waals surface area contributed by atoms with E-state index in [1.165, 1.54) is 0 Å². The van der Waals surface area contributed by atoms with Gasteiger partial charge in [0.2, 0.25) is 0 Å². The molecule has 1 saturated heterocycles. The van der Waals surface area contributed by atoms with E-state index in [1.54, 1.807) is 13.3 Å². The summed E-state index contributed by atoms with van der Waals surface area (Å²) in [6, 6.07) is 3.12. The maximum Gasteiger partial charge on any atom is 0.0676 e. The van der Waals surface area contributed by atoms with Crippen LogP contribution >= 0.6 is 0 Å². The van der Waals surface area contributed by atoms with Crippen molar-refractivity contribution in [2.24, 2.45) is 16.8 Å². The highest BCUT2D eigenvalue weighted by molar-refractivity contribution is 5.70. The molecule has 0 saturated carbocycles. The molecule has 1 rings (SSSR count). The van der Waals surface area contributed by atoms with Gasteiger partial charge >= 0.3 is 0 Å². The molecule has 3 nitrogen and oxygen atoms in total. The minimum atomic E-state index is 0.112. The topological polar surface area (TPSA) is 48.2 Å². The molecular formula is C16H25N3. The van der Waals surface area contributed by atoms with Crippen LogP contribution in [-0.4, -0.2) is 25.3 Å². The summed E-state index contributed by atoms with van der Waals surface area (Å²) in [6.07, 6.45) is 13.1. The Hall–Kier alpha value is -1.40. The fraction of sp³-hybridized carbons (Fsp3) is 0.625. The molecule has 0 amide bonds. The first kappa shape index (κ1) is 15.7. The largest absolute Gasteiger partial charge is 0.306 e. The second-order valence-electron chi connectivity index (χ2n) is 5.49. The minimum Gasteiger partial charge on any atom is -0.306 e. The van der Waals surface area contributed by atoms with Gasteiger partial charge in [0.25, 0.3) is 0 Å². The molecule has 1 aliphatic rings. The van der Waals surface area contributed by atoms with E-state index in [0.717, 1.165) is 19.3 Å². The van der Waals surface area contributed by atoms with Crippen molar-refractivity contribution < 1.29 is 0 Å². The van der Waals surface area contributed by atoms with Crippen molar-refractivity contribution in [1.82, 2.24) is 5.32 Å². The third kappa shape index (κ3) is 5.85. The van der Waals surface area contributed by atoms with Gasteiger partial charge in [-0.2, -0.15) is 5.26 Å². The van der Waals surface area contributed by atoms with Crippen LogP contribution in [0.15, 0.2) is 29.3 Å². The maximum atomic E-state index is 9.21. The number of rotatable bonds is 6. The Morgan fingerprint density at radius 2 is 2.21 bits per heavy atom. The van der Waals surface area contributed by atoms with Crippen LogP contribution in [0.3, 0.4) is 0 Å². The number of hydrogen-bond acceptors (Lipinski definition) is 3. The van der Waals surface area contributed by atoms with Crippen LogP contribution < -0.4 is 5.32 Å². The summed E-state index contributed by atoms with van der Waals surface area (Å²) in [5, 5.41) is 12.8. The van der Waals surface area contributed by atoms with Crippen molar-refractivity contribution in [1.29, 1.82) is 5.26 Å². The molecule has 0 radical (unpaired) electrons. The maximum absolute atomic E-state index is 9.21. The van der Waals surface area contributed by atoms with Crippen LogP contribution in [0.4, 0.5) is 0 Å². The molecule has 1 heterocycles. The summed E-state index contributed by atoms with van der Waals surface area (Å²) in [4.78, 5) is 3.88. The summed E-state index contributed by atoms with van der Waals surface area (Å²) in [5.41, 5.74) is 0. The third-order valence-electron chi connectivity index (χ3n) is 3.31. The van der Waals surface area contributed by atoms with Crippen LogP contribution in [0.2, 0.25) is 0 Å². The molecule has 0 aromatic heterocycles. The Balaban J connectivity index is 2.43. The molecule has 0 bridgehead atoms. The van der Waals surface area contributed by atoms with E-state index in [-0.39, 0.29) is 12.0 Å². The summed E-state index contributed by atoms with van der Waals surface area (Å²) in [7, 11) is 1.76. The Bertz CT molecular complexity index is 374. The minimum absolute atomic E-state index is 0.112. The zero-order valence-corrected chi connectivity index (χ0v) is 12.2. The average Bonchev–Trinajstić information content (AvgIpc) is 2.75. The number of nitriles is 1. The van der Waals surface area contributed by atoms with E-state index >= 15 is 0 Å². The van der Waals surface area contributed by atoms with Crippen LogP contribution in [0.5, 0.6) is 0 Å². The zero-order valence-electron chi connectivity index (χ0n) is 12.2. The molecule has 0 aromatic carbocycles. The molecule has 0 spiro atoms. The molecule has 1 fully saturated rings. The van der Waals surface area contributed by atoms with E-state index in [9.17, 15) is 5.26 Å². The van der Waals surface area contributed by atoms with Gasteiger partial charge in [0.15, 0.2) is 0 Å². The van der Waals surface area contributed by atoms with Crippen molar-refractivity contribution in [2.45, 2.75) is 45.2 Å². The van der Waals surface area contributed by atoms with Gasteiger partial charge in [-0.1, -0.05) is 32.1 Å². The third-order valence-corrected chi connectivity index (χ3v) is 3.31. The SMILES string of the molecule is CN=CC=CC/C=C/[C@@H]1NC(CC(C)C)CC1C#N. The Labute approximate surface area is 117 Å². The van der Waals surface area contributed by atoms with E-state index in [0.29, 0.717) is 12.0 Å². The molecule has 19 heavy (non-hydrogen) atoms. The first-order chi connectivity index (χ1) is 9.17. The number of nitrogens with one attached hydrogen (secondary N) is 1. The van der Waals surface area contributed by atoms with Crippen molar-refractivity contribution in [3.63, 3.8) is 0 Å². The summed E-state index contributed by atoms with van der Waals surface area (Å²) in [5.74, 6) is 0.789. The monoisotopic (exact) mass is 259 g/mol. The molecule has 3 atom stereocenters. The molecule has 0 aliphatic carbocycles. The second-order valence-corrected chi connectivity index (χ2v) is 5.49. The molecule has 1 aliphatic heterocycles. The van der Waals surface area contributed by atoms with Crippen molar-refractivity contribution in [2.75, 3.05) is 7.05 Å². The Morgan fingerprint density at radius 1 is 1.42 bits per heavy atom. The number of aliphatic imine (C=N–C) groups is 1. The van der Waals surface area contributed by atoms with E-state index in [1.807, 2.05) is 6.08 Å². The lowest BCUT2D eigenvalue weighted by molar-refractivity contribution is 0.455. The average molecular weight is 259 g/mol. The van der Waals surface area contributed by atoms with Gasteiger partial charge in [-0.15, -0.1) is 0 Å². The predicted octanol–water partition coefficient (Wildman–Crippen LogP) is 3.11. The summed E-state index contributed by atoms with van der Waals surface area (Å²) >= 11 is 0. The zero-order chi connectivity index (χ0) is 14.1. The highest BCUT2D eigenvalue weighted by Gasteiger charge is 2.31. The Kier molecular flexibility index (Phi) is 7.14. The van der Waals surface area contributed by atoms with Gasteiger partial charge in [-0.05, 0) is 31.3 Å². The fourth-order valence-corrected chi connectivity index (χ4v) is 2.49. The lowest BCUT2D eigenvalue weighted by Crippen LogP contribution is -2.30. The van der Waals surface area contributed by atoms with Gasteiger partial charge in [0.1, 0.15) is 0 Å². The smallest absolute Gasteiger partial charge is 0.0676 e. The standard InChI is InChI=1S/C16H25N3/c1-13(2)10-15-11-14(12-17)16(19-15)8-6-4-5-7-9-18-3/h5-9,13-16,19H,4,10-11H2,1-3H3/b7-5?,8-6+,18-9?/t14?,15?,16-/m0/s1. The normalized spacial score (nSPS) is 28.1. The van der Waals surface area contributed by atoms with Crippen LogP contribution in [0.25, 0.3) is 0 Å². The Morgan fingerprint density at radius 3 is 2.84 bits per heavy atom. The quantitative estimate of drug-likeness (QED) is 0.588. The van der Waals surface area contributed by atoms with Crippen molar-refractivity contribution >= 4 is 6.21 Å². The van der Waals surface area contributed by atoms with Gasteiger partial charge in [0.05, 0.1) is 12.0 Å². The van der Waals surface area contributed by atoms with Crippen molar-refractivity contribution in [3.8, 4) is 6.07 Å². The molecule has 2 unspecified atom stereocenters. The second kappa shape index (κ2) is 8.66. The van der Waals surface area contributed by atoms with Crippen molar-refractivity contribution in [3.05, 3.63) is 24.3 Å². The van der Waals surface area contributed by atoms with Crippen LogP contribution in [0.1, 0.15) is 33.1 Å². The van der Waals surface area contributed by atoms with Gasteiger partial charge in [-0.3, -0.25) is 4.99 Å². The predicted molar refractivity (Wildman–Crippen MR) is 81.2 cm³/mol. The molecule has 0 aromatic rings. The first-order valence-corrected chi connectivity index (χ1v) is 7.07. The van der Waals surface area contributed by atoms with Gasteiger partial charge < -0.3 is 5.32 Å². The van der Waals surface area contributed by atoms with E-state index < -0.39 is 0 Å². The highest BCUT2D eigenvalue weighted by Crippen LogP contribution is 2.24. The van der Waals surface area contributed by atoms with Gasteiger partial charge in [0, 0.05) is 25.3 Å². The first-order valence-electron chi connectivity index (χ1n) is 7.07. The van der Waals surface area contributed by atoms with Crippen LogP contribution in [-0.2, 0) is 0 Å². The molecule has 3 heteroatoms. The van der Waals surface area contributed by atoms with Gasteiger partial charge in [-0.25, -0.2) is 0 Å². The number of allylic oxidation sites excluding steroid dienone is 3. The molecular weight excluding hydrogens is 234 g/mol. The fourth-order valence-electron chi connectivity index (χ4n) is 2.49. The number of nitrogens with zero attached hydrogens (tertiary/aromatic N) is 2. The lowest BCUT2D eigenvalue weighted by atomic mass is 9.96. The lowest BCUT2D eigenvalue weighted by Gasteiger charge is -2.13. The highest BCUT2D eigenvalue weighted by atomic mass is 15.0. The van der Waals surface area contributed by atoms with Crippen LogP contribution in [0, 0.1) is 23.2 Å². The summed E-state index contributed by atoms with van der Waals surface area (Å²) in [6.45, 7) is 4.46. The molecule has 104 valence electrons. The summed E-state index contributed by atoms with van der Waals surface area (Å²) < 4.78 is 0. The molecule has 1 N–H and O–H groups in total.